The van der Waals surface area contributed by atoms with Crippen molar-refractivity contribution in [2.45, 2.75) is 51.5 Å². The minimum absolute atomic E-state index is 0.309. The molecule has 0 atom stereocenters. The number of carbonyl (C=O) groups excluding carboxylic acids is 1. The van der Waals surface area contributed by atoms with Gasteiger partial charge in [0, 0.05) is 6.04 Å². The van der Waals surface area contributed by atoms with Crippen LogP contribution in [0.3, 0.4) is 0 Å². The molecule has 0 saturated heterocycles. The highest BCUT2D eigenvalue weighted by molar-refractivity contribution is 5.95. The van der Waals surface area contributed by atoms with Crippen molar-refractivity contribution in [3.05, 3.63) is 29.6 Å². The van der Waals surface area contributed by atoms with E-state index in [9.17, 15) is 9.18 Å². The maximum absolute atomic E-state index is 13.4. The molecule has 1 aliphatic rings. The first-order chi connectivity index (χ1) is 10.1. The number of esters is 1. The summed E-state index contributed by atoms with van der Waals surface area (Å²) in [6.07, 6.45) is 7.07. The van der Waals surface area contributed by atoms with Crippen molar-refractivity contribution in [1.82, 2.24) is 0 Å². The van der Waals surface area contributed by atoms with E-state index < -0.39 is 5.97 Å². The van der Waals surface area contributed by atoms with Crippen LogP contribution in [0.1, 0.15) is 55.8 Å². The summed E-state index contributed by atoms with van der Waals surface area (Å²) in [5.74, 6) is 0.0441. The normalized spacial score (nSPS) is 21.9. The van der Waals surface area contributed by atoms with E-state index in [0.29, 0.717) is 17.3 Å². The molecule has 116 valence electrons. The molecule has 0 aromatic heterocycles. The summed E-state index contributed by atoms with van der Waals surface area (Å²) in [5.41, 5.74) is 0.940. The molecule has 1 aromatic rings. The summed E-state index contributed by atoms with van der Waals surface area (Å²) in [7, 11) is 1.34. The number of nitrogens with one attached hydrogen (secondary N) is 1. The molecule has 0 radical (unpaired) electrons. The molecule has 0 amide bonds. The van der Waals surface area contributed by atoms with Gasteiger partial charge in [-0.05, 0) is 49.8 Å². The number of carbonyl (C=O) groups is 1. The van der Waals surface area contributed by atoms with Gasteiger partial charge in [-0.2, -0.15) is 0 Å². The lowest BCUT2D eigenvalue weighted by Gasteiger charge is -2.30. The Balaban J connectivity index is 2.03. The zero-order chi connectivity index (χ0) is 15.2. The van der Waals surface area contributed by atoms with Crippen LogP contribution in [0.2, 0.25) is 0 Å². The maximum Gasteiger partial charge on any atom is 0.339 e. The van der Waals surface area contributed by atoms with Gasteiger partial charge in [0.15, 0.2) is 0 Å². The first-order valence-electron chi connectivity index (χ1n) is 7.78. The number of halogens is 1. The molecule has 0 spiro atoms. The molecule has 1 N–H and O–H groups in total. The Bertz CT molecular complexity index is 482. The Morgan fingerprint density at radius 2 is 2.05 bits per heavy atom. The first-order valence-corrected chi connectivity index (χ1v) is 7.78. The van der Waals surface area contributed by atoms with E-state index in [1.165, 1.54) is 51.0 Å². The topological polar surface area (TPSA) is 38.3 Å². The number of hydrogen-bond donors (Lipinski definition) is 1. The molecule has 0 aliphatic heterocycles. The molecule has 2 rings (SSSR count). The van der Waals surface area contributed by atoms with Gasteiger partial charge in [0.1, 0.15) is 5.82 Å². The van der Waals surface area contributed by atoms with Gasteiger partial charge in [0.25, 0.3) is 0 Å². The summed E-state index contributed by atoms with van der Waals surface area (Å²) in [6, 6.07) is 4.45. The van der Waals surface area contributed by atoms with Crippen molar-refractivity contribution in [3.8, 4) is 0 Å². The number of ether oxygens (including phenoxy) is 1. The average molecular weight is 293 g/mol. The van der Waals surface area contributed by atoms with Gasteiger partial charge in [0.05, 0.1) is 18.4 Å². The minimum atomic E-state index is -0.433. The average Bonchev–Trinajstić information content (AvgIpc) is 2.49. The lowest BCUT2D eigenvalue weighted by Crippen LogP contribution is -2.27. The standard InChI is InChI=1S/C17H24FNO2/c1-3-4-12-5-8-14(9-6-12)19-16-11-13(18)7-10-15(16)17(20)21-2/h7,10-12,14,19H,3-6,8-9H2,1-2H3. The SMILES string of the molecule is CCCC1CCC(Nc2cc(F)ccc2C(=O)OC)CC1. The van der Waals surface area contributed by atoms with Crippen molar-refractivity contribution in [3.63, 3.8) is 0 Å². The molecule has 1 fully saturated rings. The smallest absolute Gasteiger partial charge is 0.339 e. The molecule has 1 aliphatic carbocycles. The van der Waals surface area contributed by atoms with Gasteiger partial charge in [-0.15, -0.1) is 0 Å². The molecular formula is C17H24FNO2. The predicted octanol–water partition coefficient (Wildman–Crippen LogP) is 4.38. The Morgan fingerprint density at radius 3 is 2.67 bits per heavy atom. The fourth-order valence-electron chi connectivity index (χ4n) is 3.15. The van der Waals surface area contributed by atoms with E-state index in [-0.39, 0.29) is 5.82 Å². The van der Waals surface area contributed by atoms with E-state index in [2.05, 4.69) is 12.2 Å². The zero-order valence-electron chi connectivity index (χ0n) is 12.8. The largest absolute Gasteiger partial charge is 0.465 e. The minimum Gasteiger partial charge on any atom is -0.465 e. The van der Waals surface area contributed by atoms with Gasteiger partial charge >= 0.3 is 5.97 Å². The van der Waals surface area contributed by atoms with E-state index in [0.717, 1.165) is 18.8 Å². The van der Waals surface area contributed by atoms with E-state index in [1.807, 2.05) is 0 Å². The van der Waals surface area contributed by atoms with Crippen molar-refractivity contribution in [2.75, 3.05) is 12.4 Å². The monoisotopic (exact) mass is 293 g/mol. The van der Waals surface area contributed by atoms with Gasteiger partial charge in [-0.25, -0.2) is 9.18 Å². The highest BCUT2D eigenvalue weighted by Gasteiger charge is 2.22. The van der Waals surface area contributed by atoms with Crippen molar-refractivity contribution >= 4 is 11.7 Å². The summed E-state index contributed by atoms with van der Waals surface area (Å²) in [6.45, 7) is 2.22. The molecule has 0 heterocycles. The van der Waals surface area contributed by atoms with Crippen LogP contribution in [0.25, 0.3) is 0 Å². The summed E-state index contributed by atoms with van der Waals surface area (Å²) in [5, 5.41) is 3.33. The van der Waals surface area contributed by atoms with Crippen molar-refractivity contribution in [1.29, 1.82) is 0 Å². The maximum atomic E-state index is 13.4. The number of benzene rings is 1. The van der Waals surface area contributed by atoms with Gasteiger partial charge in [-0.1, -0.05) is 19.8 Å². The fraction of sp³-hybridized carbons (Fsp3) is 0.588. The Hall–Kier alpha value is -1.58. The van der Waals surface area contributed by atoms with Crippen LogP contribution in [-0.4, -0.2) is 19.1 Å². The second-order valence-electron chi connectivity index (χ2n) is 5.83. The van der Waals surface area contributed by atoms with Crippen LogP contribution < -0.4 is 5.32 Å². The number of methoxy groups -OCH3 is 1. The lowest BCUT2D eigenvalue weighted by molar-refractivity contribution is 0.0601. The first kappa shape index (κ1) is 15.8. The predicted molar refractivity (Wildman–Crippen MR) is 82.0 cm³/mol. The van der Waals surface area contributed by atoms with Crippen molar-refractivity contribution in [2.24, 2.45) is 5.92 Å². The number of anilines is 1. The lowest BCUT2D eigenvalue weighted by atomic mass is 9.83. The van der Waals surface area contributed by atoms with E-state index >= 15 is 0 Å². The van der Waals surface area contributed by atoms with E-state index in [4.69, 9.17) is 4.74 Å². The fourth-order valence-corrected chi connectivity index (χ4v) is 3.15. The zero-order valence-corrected chi connectivity index (χ0v) is 12.8. The third-order valence-electron chi connectivity index (χ3n) is 4.29. The highest BCUT2D eigenvalue weighted by Crippen LogP contribution is 2.30. The second kappa shape index (κ2) is 7.43. The molecule has 4 heteroatoms. The van der Waals surface area contributed by atoms with Crippen LogP contribution >= 0.6 is 0 Å². The Kier molecular flexibility index (Phi) is 5.59. The third-order valence-corrected chi connectivity index (χ3v) is 4.29. The molecule has 1 saturated carbocycles. The highest BCUT2D eigenvalue weighted by atomic mass is 19.1. The van der Waals surface area contributed by atoms with Crippen LogP contribution in [0.4, 0.5) is 10.1 Å². The molecule has 21 heavy (non-hydrogen) atoms. The van der Waals surface area contributed by atoms with Crippen molar-refractivity contribution < 1.29 is 13.9 Å². The Morgan fingerprint density at radius 1 is 1.33 bits per heavy atom. The van der Waals surface area contributed by atoms with Gasteiger partial charge < -0.3 is 10.1 Å². The van der Waals surface area contributed by atoms with Crippen LogP contribution in [0.15, 0.2) is 18.2 Å². The second-order valence-corrected chi connectivity index (χ2v) is 5.83. The third kappa shape index (κ3) is 4.19. The number of rotatable bonds is 5. The quantitative estimate of drug-likeness (QED) is 0.819. The van der Waals surface area contributed by atoms with Gasteiger partial charge in [-0.3, -0.25) is 0 Å². The molecule has 3 nitrogen and oxygen atoms in total. The Labute approximate surface area is 125 Å². The van der Waals surface area contributed by atoms with Crippen LogP contribution in [0.5, 0.6) is 0 Å². The van der Waals surface area contributed by atoms with Crippen LogP contribution in [0, 0.1) is 11.7 Å². The van der Waals surface area contributed by atoms with E-state index in [1.54, 1.807) is 0 Å². The molecule has 0 unspecified atom stereocenters. The number of hydrogen-bond acceptors (Lipinski definition) is 3. The summed E-state index contributed by atoms with van der Waals surface area (Å²) in [4.78, 5) is 11.7. The van der Waals surface area contributed by atoms with Gasteiger partial charge in [0.2, 0.25) is 0 Å². The molecular weight excluding hydrogens is 269 g/mol. The summed E-state index contributed by atoms with van der Waals surface area (Å²) < 4.78 is 18.2. The molecule has 0 bridgehead atoms. The van der Waals surface area contributed by atoms with Crippen LogP contribution in [-0.2, 0) is 4.74 Å². The summed E-state index contributed by atoms with van der Waals surface area (Å²) >= 11 is 0. The molecule has 1 aromatic carbocycles.